The molecule has 2 heterocycles. The smallest absolute Gasteiger partial charge is 0.227 e. The van der Waals surface area contributed by atoms with E-state index in [0.717, 1.165) is 6.26 Å². The lowest BCUT2D eigenvalue weighted by atomic mass is 9.94. The average molecular weight is 412 g/mol. The minimum absolute atomic E-state index is 0.0847. The van der Waals surface area contributed by atoms with Gasteiger partial charge in [0.25, 0.3) is 0 Å². The van der Waals surface area contributed by atoms with Crippen LogP contribution in [-0.4, -0.2) is 48.5 Å². The van der Waals surface area contributed by atoms with Crippen LogP contribution in [0, 0.1) is 5.82 Å². The molecule has 6 nitrogen and oxygen atoms in total. The predicted molar refractivity (Wildman–Crippen MR) is 98.8 cm³/mol. The maximum absolute atomic E-state index is 14.0. The standard InChI is InChI=1S/C18H19ClFN3O3S/c1-27(25,26)16-9-21-11-22-18(16)12-4-3-7-23(10-12)17(24)8-13-14(19)5-2-6-15(13)20/h2,5-6,9,11-12H,3-4,7-8,10H2,1H3/t12-/m1/s1. The first-order valence-electron chi connectivity index (χ1n) is 8.48. The summed E-state index contributed by atoms with van der Waals surface area (Å²) in [7, 11) is -3.48. The highest BCUT2D eigenvalue weighted by atomic mass is 35.5. The summed E-state index contributed by atoms with van der Waals surface area (Å²) in [5, 5.41) is 0.215. The van der Waals surface area contributed by atoms with Crippen molar-refractivity contribution < 1.29 is 17.6 Å². The quantitative estimate of drug-likeness (QED) is 0.772. The first-order valence-corrected chi connectivity index (χ1v) is 10.7. The summed E-state index contributed by atoms with van der Waals surface area (Å²) in [4.78, 5) is 22.4. The van der Waals surface area contributed by atoms with Crippen LogP contribution in [0.15, 0.2) is 35.6 Å². The second kappa shape index (κ2) is 7.90. The number of hydrogen-bond donors (Lipinski definition) is 0. The van der Waals surface area contributed by atoms with Crippen molar-refractivity contribution in [3.63, 3.8) is 0 Å². The van der Waals surface area contributed by atoms with Gasteiger partial charge in [-0.25, -0.2) is 22.8 Å². The van der Waals surface area contributed by atoms with Gasteiger partial charge in [-0.15, -0.1) is 0 Å². The lowest BCUT2D eigenvalue weighted by Crippen LogP contribution is -2.40. The van der Waals surface area contributed by atoms with Gasteiger partial charge < -0.3 is 4.90 Å². The van der Waals surface area contributed by atoms with Crippen LogP contribution < -0.4 is 0 Å². The molecular formula is C18H19ClFN3O3S. The monoisotopic (exact) mass is 411 g/mol. The SMILES string of the molecule is CS(=O)(=O)c1cncnc1[C@@H]1CCCN(C(=O)Cc2c(F)cccc2Cl)C1. The third-order valence-electron chi connectivity index (χ3n) is 4.66. The number of nitrogens with zero attached hydrogens (tertiary/aromatic N) is 3. The molecule has 1 aliphatic rings. The van der Waals surface area contributed by atoms with Crippen molar-refractivity contribution >= 4 is 27.3 Å². The van der Waals surface area contributed by atoms with Crippen LogP contribution in [0.3, 0.4) is 0 Å². The maximum atomic E-state index is 14.0. The molecule has 1 saturated heterocycles. The molecule has 1 fully saturated rings. The molecule has 144 valence electrons. The minimum atomic E-state index is -3.48. The number of aromatic nitrogens is 2. The Morgan fingerprint density at radius 3 is 2.89 bits per heavy atom. The first kappa shape index (κ1) is 19.7. The molecular weight excluding hydrogens is 393 g/mol. The molecule has 0 radical (unpaired) electrons. The highest BCUT2D eigenvalue weighted by Crippen LogP contribution is 2.30. The topological polar surface area (TPSA) is 80.2 Å². The predicted octanol–water partition coefficient (Wildman–Crippen LogP) is 2.62. The van der Waals surface area contributed by atoms with Gasteiger partial charge in [-0.1, -0.05) is 17.7 Å². The number of sulfone groups is 1. The Morgan fingerprint density at radius 1 is 1.41 bits per heavy atom. The fourth-order valence-corrected chi connectivity index (χ4v) is 4.39. The van der Waals surface area contributed by atoms with Gasteiger partial charge in [0.15, 0.2) is 9.84 Å². The van der Waals surface area contributed by atoms with Gasteiger partial charge in [-0.3, -0.25) is 4.79 Å². The molecule has 1 aromatic carbocycles. The first-order chi connectivity index (χ1) is 12.8. The number of carbonyl (C=O) groups excluding carboxylic acids is 1. The summed E-state index contributed by atoms with van der Waals surface area (Å²) in [6, 6.07) is 4.31. The highest BCUT2D eigenvalue weighted by molar-refractivity contribution is 7.90. The molecule has 0 spiro atoms. The molecule has 1 atom stereocenters. The molecule has 0 saturated carbocycles. The summed E-state index contributed by atoms with van der Waals surface area (Å²) in [5.41, 5.74) is 0.596. The number of benzene rings is 1. The van der Waals surface area contributed by atoms with E-state index in [-0.39, 0.29) is 33.7 Å². The van der Waals surface area contributed by atoms with Crippen LogP contribution in [0.25, 0.3) is 0 Å². The number of carbonyl (C=O) groups is 1. The third kappa shape index (κ3) is 4.44. The number of rotatable bonds is 4. The van der Waals surface area contributed by atoms with E-state index >= 15 is 0 Å². The van der Waals surface area contributed by atoms with Gasteiger partial charge in [0, 0.05) is 42.0 Å². The van der Waals surface area contributed by atoms with Crippen LogP contribution in [0.4, 0.5) is 4.39 Å². The number of halogens is 2. The molecule has 1 aliphatic heterocycles. The van der Waals surface area contributed by atoms with E-state index in [0.29, 0.717) is 31.6 Å². The zero-order valence-electron chi connectivity index (χ0n) is 14.7. The van der Waals surface area contributed by atoms with Gasteiger partial charge in [0.2, 0.25) is 5.91 Å². The second-order valence-corrected chi connectivity index (χ2v) is 8.99. The lowest BCUT2D eigenvalue weighted by molar-refractivity contribution is -0.131. The van der Waals surface area contributed by atoms with E-state index in [1.807, 2.05) is 0 Å². The molecule has 1 amide bonds. The highest BCUT2D eigenvalue weighted by Gasteiger charge is 2.30. The fourth-order valence-electron chi connectivity index (χ4n) is 3.31. The number of hydrogen-bond acceptors (Lipinski definition) is 5. The molecule has 0 aliphatic carbocycles. The largest absolute Gasteiger partial charge is 0.342 e. The summed E-state index contributed by atoms with van der Waals surface area (Å²) in [5.74, 6) is -0.979. The minimum Gasteiger partial charge on any atom is -0.342 e. The normalized spacial score (nSPS) is 17.7. The number of amides is 1. The van der Waals surface area contributed by atoms with Crippen molar-refractivity contribution in [1.82, 2.24) is 14.9 Å². The van der Waals surface area contributed by atoms with Crippen molar-refractivity contribution in [3.8, 4) is 0 Å². The van der Waals surface area contributed by atoms with Crippen molar-refractivity contribution in [3.05, 3.63) is 52.8 Å². The van der Waals surface area contributed by atoms with E-state index in [1.54, 1.807) is 11.0 Å². The zero-order chi connectivity index (χ0) is 19.6. The average Bonchev–Trinajstić information content (AvgIpc) is 2.64. The molecule has 0 N–H and O–H groups in total. The molecule has 27 heavy (non-hydrogen) atoms. The Morgan fingerprint density at radius 2 is 2.19 bits per heavy atom. The summed E-state index contributed by atoms with van der Waals surface area (Å²) < 4.78 is 38.0. The fraction of sp³-hybridized carbons (Fsp3) is 0.389. The molecule has 2 aromatic rings. The Labute approximate surface area is 162 Å². The molecule has 3 rings (SSSR count). The van der Waals surface area contributed by atoms with Gasteiger partial charge in [-0.05, 0) is 25.0 Å². The summed E-state index contributed by atoms with van der Waals surface area (Å²) in [6.45, 7) is 0.852. The van der Waals surface area contributed by atoms with E-state index in [9.17, 15) is 17.6 Å². The van der Waals surface area contributed by atoms with Crippen LogP contribution in [0.1, 0.15) is 30.0 Å². The zero-order valence-corrected chi connectivity index (χ0v) is 16.3. The molecule has 9 heteroatoms. The van der Waals surface area contributed by atoms with Crippen LogP contribution >= 0.6 is 11.6 Å². The Balaban J connectivity index is 1.80. The third-order valence-corrected chi connectivity index (χ3v) is 6.13. The van der Waals surface area contributed by atoms with Gasteiger partial charge in [0.05, 0.1) is 12.1 Å². The van der Waals surface area contributed by atoms with Crippen molar-refractivity contribution in [2.45, 2.75) is 30.1 Å². The number of piperidine rings is 1. The van der Waals surface area contributed by atoms with Crippen molar-refractivity contribution in [2.24, 2.45) is 0 Å². The Kier molecular flexibility index (Phi) is 5.76. The van der Waals surface area contributed by atoms with Crippen LogP contribution in [0.2, 0.25) is 5.02 Å². The lowest BCUT2D eigenvalue weighted by Gasteiger charge is -2.33. The van der Waals surface area contributed by atoms with Crippen molar-refractivity contribution in [2.75, 3.05) is 19.3 Å². The van der Waals surface area contributed by atoms with E-state index < -0.39 is 15.7 Å². The van der Waals surface area contributed by atoms with Gasteiger partial charge in [-0.2, -0.15) is 0 Å². The molecule has 0 bridgehead atoms. The Bertz CT molecular complexity index is 948. The van der Waals surface area contributed by atoms with E-state index in [1.165, 1.54) is 24.7 Å². The summed E-state index contributed by atoms with van der Waals surface area (Å²) in [6.07, 6.45) is 4.99. The molecule has 1 aromatic heterocycles. The second-order valence-electron chi connectivity index (χ2n) is 6.60. The van der Waals surface area contributed by atoms with Crippen molar-refractivity contribution in [1.29, 1.82) is 0 Å². The van der Waals surface area contributed by atoms with E-state index in [4.69, 9.17) is 11.6 Å². The Hall–Kier alpha value is -2.06. The van der Waals surface area contributed by atoms with Crippen LogP contribution in [-0.2, 0) is 21.1 Å². The summed E-state index contributed by atoms with van der Waals surface area (Å²) >= 11 is 6.01. The van der Waals surface area contributed by atoms with Gasteiger partial charge >= 0.3 is 0 Å². The number of likely N-dealkylation sites (tertiary alicyclic amines) is 1. The van der Waals surface area contributed by atoms with E-state index in [2.05, 4.69) is 9.97 Å². The van der Waals surface area contributed by atoms with Crippen LogP contribution in [0.5, 0.6) is 0 Å². The van der Waals surface area contributed by atoms with Gasteiger partial charge in [0.1, 0.15) is 17.0 Å². The maximum Gasteiger partial charge on any atom is 0.227 e. The molecule has 0 unspecified atom stereocenters.